The maximum atomic E-state index is 10.4. The fraction of sp³-hybridized carbons (Fsp3) is 1.00. The third-order valence-electron chi connectivity index (χ3n) is 4.67. The van der Waals surface area contributed by atoms with Crippen LogP contribution in [0.2, 0.25) is 0 Å². The first-order valence-corrected chi connectivity index (χ1v) is 8.13. The number of rotatable bonds is 4. The largest absolute Gasteiger partial charge is 0.387 e. The normalized spacial score (nSPS) is 39.5. The van der Waals surface area contributed by atoms with Crippen molar-refractivity contribution in [3.05, 3.63) is 10.4 Å². The summed E-state index contributed by atoms with van der Waals surface area (Å²) in [7, 11) is 0. The molecular formula is C14H23N3O6. The second-order valence-electron chi connectivity index (χ2n) is 6.28. The van der Waals surface area contributed by atoms with E-state index in [2.05, 4.69) is 10.0 Å². The first kappa shape index (κ1) is 16.9. The zero-order valence-electron chi connectivity index (χ0n) is 13.2. The highest BCUT2D eigenvalue weighted by Gasteiger charge is 2.53. The molecule has 2 heterocycles. The number of hydrogen-bond donors (Lipinski definition) is 1. The summed E-state index contributed by atoms with van der Waals surface area (Å²) in [5.74, 6) is -0.952. The number of hydrogen-bond acceptors (Lipinski definition) is 7. The molecule has 2 aliphatic heterocycles. The highest BCUT2D eigenvalue weighted by molar-refractivity contribution is 4.88. The summed E-state index contributed by atoms with van der Waals surface area (Å²) in [5.41, 5.74) is 8.24. The molecule has 0 aromatic carbocycles. The molecule has 3 fully saturated rings. The number of nitrogens with zero attached hydrogens (tertiary/aromatic N) is 3. The molecule has 0 radical (unpaired) electrons. The molecule has 23 heavy (non-hydrogen) atoms. The lowest BCUT2D eigenvalue weighted by Gasteiger charge is -2.50. The van der Waals surface area contributed by atoms with Crippen molar-refractivity contribution in [2.75, 3.05) is 13.2 Å². The van der Waals surface area contributed by atoms with Gasteiger partial charge in [-0.3, -0.25) is 0 Å². The Bertz CT molecular complexity index is 450. The predicted molar refractivity (Wildman–Crippen MR) is 76.7 cm³/mol. The molecule has 2 unspecified atom stereocenters. The summed E-state index contributed by atoms with van der Waals surface area (Å²) in [6.07, 6.45) is 1.92. The molecule has 0 bridgehead atoms. The van der Waals surface area contributed by atoms with Crippen molar-refractivity contribution in [2.24, 2.45) is 11.0 Å². The first-order chi connectivity index (χ1) is 11.2. The van der Waals surface area contributed by atoms with E-state index < -0.39 is 30.6 Å². The summed E-state index contributed by atoms with van der Waals surface area (Å²) in [6, 6.07) is 0. The van der Waals surface area contributed by atoms with Crippen LogP contribution in [0.25, 0.3) is 10.4 Å². The van der Waals surface area contributed by atoms with Gasteiger partial charge in [-0.05, 0) is 18.4 Å². The van der Waals surface area contributed by atoms with Crippen LogP contribution >= 0.6 is 0 Å². The van der Waals surface area contributed by atoms with E-state index >= 15 is 0 Å². The van der Waals surface area contributed by atoms with Crippen LogP contribution in [-0.2, 0) is 24.0 Å². The van der Waals surface area contributed by atoms with Crippen molar-refractivity contribution >= 4 is 0 Å². The molecule has 1 N–H and O–H groups in total. The van der Waals surface area contributed by atoms with Crippen molar-refractivity contribution in [3.63, 3.8) is 0 Å². The number of fused-ring (bicyclic) bond motifs is 1. The molecule has 5 atom stereocenters. The topological polar surface area (TPSA) is 115 Å². The lowest BCUT2D eigenvalue weighted by Crippen LogP contribution is -2.62. The van der Waals surface area contributed by atoms with Gasteiger partial charge in [-0.2, -0.15) is 9.78 Å². The molecule has 1 saturated carbocycles. The third kappa shape index (κ3) is 3.61. The fourth-order valence-electron chi connectivity index (χ4n) is 3.31. The second-order valence-corrected chi connectivity index (χ2v) is 6.28. The minimum absolute atomic E-state index is 0.154. The van der Waals surface area contributed by atoms with Gasteiger partial charge in [0.25, 0.3) is 0 Å². The summed E-state index contributed by atoms with van der Waals surface area (Å²) >= 11 is 0. The monoisotopic (exact) mass is 329 g/mol. The molecule has 0 aromatic heterocycles. The Kier molecular flexibility index (Phi) is 5.38. The second kappa shape index (κ2) is 7.31. The highest BCUT2D eigenvalue weighted by Crippen LogP contribution is 2.42. The van der Waals surface area contributed by atoms with Crippen LogP contribution in [-0.4, -0.2) is 48.8 Å². The van der Waals surface area contributed by atoms with E-state index in [1.165, 1.54) is 6.42 Å². The van der Waals surface area contributed by atoms with Crippen molar-refractivity contribution in [1.29, 1.82) is 0 Å². The maximum absolute atomic E-state index is 10.4. The van der Waals surface area contributed by atoms with E-state index in [1.807, 2.05) is 6.92 Å². The minimum atomic E-state index is -0.868. The molecule has 3 rings (SSSR count). The number of aliphatic hydroxyl groups is 1. The van der Waals surface area contributed by atoms with Crippen LogP contribution in [0.3, 0.4) is 0 Å². The first-order valence-electron chi connectivity index (χ1n) is 8.13. The van der Waals surface area contributed by atoms with Crippen LogP contribution in [0.4, 0.5) is 0 Å². The van der Waals surface area contributed by atoms with Crippen molar-refractivity contribution < 1.29 is 29.1 Å². The molecule has 3 aliphatic rings. The molecule has 1 spiro atoms. The quantitative estimate of drug-likeness (QED) is 0.277. The van der Waals surface area contributed by atoms with Crippen LogP contribution in [0, 0.1) is 5.92 Å². The molecule has 0 aromatic rings. The number of azide groups is 1. The predicted octanol–water partition coefficient (Wildman–Crippen LogP) is 2.00. The molecule has 9 heteroatoms. The molecular weight excluding hydrogens is 306 g/mol. The van der Waals surface area contributed by atoms with E-state index in [4.69, 9.17) is 29.5 Å². The fourth-order valence-corrected chi connectivity index (χ4v) is 3.31. The average molecular weight is 329 g/mol. The number of aliphatic hydroxyl groups excluding tert-OH is 1. The molecule has 2 saturated heterocycles. The van der Waals surface area contributed by atoms with Gasteiger partial charge >= 0.3 is 0 Å². The molecule has 130 valence electrons. The summed E-state index contributed by atoms with van der Waals surface area (Å²) in [4.78, 5) is 13.6. The Morgan fingerprint density at radius 2 is 2.13 bits per heavy atom. The van der Waals surface area contributed by atoms with Gasteiger partial charge in [-0.1, -0.05) is 18.5 Å². The summed E-state index contributed by atoms with van der Waals surface area (Å²) in [6.45, 7) is 2.20. The molecule has 1 aliphatic carbocycles. The summed E-state index contributed by atoms with van der Waals surface area (Å²) < 4.78 is 17.2. The van der Waals surface area contributed by atoms with Crippen LogP contribution in [0.5, 0.6) is 0 Å². The Labute approximate surface area is 134 Å². The zero-order valence-corrected chi connectivity index (χ0v) is 13.2. The smallest absolute Gasteiger partial charge is 0.220 e. The van der Waals surface area contributed by atoms with Gasteiger partial charge in [0, 0.05) is 30.2 Å². The number of ether oxygens (including phenoxy) is 3. The van der Waals surface area contributed by atoms with E-state index in [0.29, 0.717) is 0 Å². The van der Waals surface area contributed by atoms with Gasteiger partial charge < -0.3 is 19.3 Å². The van der Waals surface area contributed by atoms with Gasteiger partial charge in [-0.15, -0.1) is 0 Å². The SMILES string of the molecule is C[C@@H]1C(O)[C@H](OCCN=[N+]=[N-])OC2OOC3(CCCCC3)O[C@H]21. The van der Waals surface area contributed by atoms with Crippen molar-refractivity contribution in [2.45, 2.75) is 69.6 Å². The average Bonchev–Trinajstić information content (AvgIpc) is 2.57. The summed E-state index contributed by atoms with van der Waals surface area (Å²) in [5, 5.41) is 13.8. The Balaban J connectivity index is 1.60. The van der Waals surface area contributed by atoms with E-state index in [9.17, 15) is 5.11 Å². The van der Waals surface area contributed by atoms with E-state index in [0.717, 1.165) is 25.7 Å². The van der Waals surface area contributed by atoms with Crippen molar-refractivity contribution in [3.8, 4) is 0 Å². The van der Waals surface area contributed by atoms with Gasteiger partial charge in [-0.25, -0.2) is 0 Å². The third-order valence-corrected chi connectivity index (χ3v) is 4.67. The van der Waals surface area contributed by atoms with Gasteiger partial charge in [0.15, 0.2) is 6.29 Å². The van der Waals surface area contributed by atoms with Gasteiger partial charge in [0.2, 0.25) is 12.1 Å². The highest BCUT2D eigenvalue weighted by atomic mass is 17.3. The standard InChI is InChI=1S/C14H23N3O6/c1-9-10(18)12(19-8-7-16-17-15)20-13-11(9)21-14(23-22-13)5-3-2-4-6-14/h9-13,18H,2-8H2,1H3/t9-,10?,11+,12-,13?/m1/s1. The van der Waals surface area contributed by atoms with Gasteiger partial charge in [0.1, 0.15) is 12.2 Å². The zero-order chi connectivity index (χ0) is 16.3. The minimum Gasteiger partial charge on any atom is -0.387 e. The van der Waals surface area contributed by atoms with Crippen LogP contribution < -0.4 is 0 Å². The Morgan fingerprint density at radius 3 is 2.87 bits per heavy atom. The lowest BCUT2D eigenvalue weighted by atomic mass is 9.90. The Hall–Kier alpha value is -0.930. The van der Waals surface area contributed by atoms with Crippen molar-refractivity contribution in [1.82, 2.24) is 0 Å². The van der Waals surface area contributed by atoms with Crippen LogP contribution in [0.15, 0.2) is 5.11 Å². The molecule has 0 amide bonds. The molecule has 9 nitrogen and oxygen atoms in total. The van der Waals surface area contributed by atoms with Crippen LogP contribution in [0.1, 0.15) is 39.0 Å². The van der Waals surface area contributed by atoms with E-state index in [-0.39, 0.29) is 19.1 Å². The lowest BCUT2D eigenvalue weighted by molar-refractivity contribution is -0.560. The Morgan fingerprint density at radius 1 is 1.35 bits per heavy atom. The van der Waals surface area contributed by atoms with Gasteiger partial charge in [0.05, 0.1) is 6.61 Å². The van der Waals surface area contributed by atoms with E-state index in [1.54, 1.807) is 0 Å². The maximum Gasteiger partial charge on any atom is 0.220 e.